The molecule has 0 aromatic carbocycles. The second-order valence-corrected chi connectivity index (χ2v) is 3.32. The summed E-state index contributed by atoms with van der Waals surface area (Å²) in [7, 11) is 0. The second kappa shape index (κ2) is 10.3. The van der Waals surface area contributed by atoms with Crippen molar-refractivity contribution in [1.82, 2.24) is 9.80 Å². The molecule has 0 rings (SSSR count). The van der Waals surface area contributed by atoms with Crippen LogP contribution in [-0.2, 0) is 0 Å². The maximum Gasteiger partial charge on any atom is 0.0974 e. The van der Waals surface area contributed by atoms with Crippen LogP contribution in [0, 0.1) is 0 Å². The van der Waals surface area contributed by atoms with E-state index < -0.39 is 0 Å². The average molecular weight is 222 g/mol. The lowest BCUT2D eigenvalue weighted by molar-refractivity contribution is 0.0261. The van der Waals surface area contributed by atoms with E-state index in [1.165, 1.54) is 4.90 Å². The number of hydrogen-bond acceptors (Lipinski definition) is 6. The molecule has 0 atom stereocenters. The number of aliphatic hydroxyl groups is 4. The topological polar surface area (TPSA) is 87.4 Å². The van der Waals surface area contributed by atoms with E-state index in [1.807, 2.05) is 4.90 Å². The number of rotatable bonds is 10. The summed E-state index contributed by atoms with van der Waals surface area (Å²) in [5.74, 6) is 0. The van der Waals surface area contributed by atoms with Crippen molar-refractivity contribution >= 4 is 0 Å². The molecule has 0 aliphatic rings. The van der Waals surface area contributed by atoms with E-state index in [0.29, 0.717) is 19.6 Å². The van der Waals surface area contributed by atoms with Crippen LogP contribution in [0.1, 0.15) is 6.42 Å². The molecule has 0 aliphatic heterocycles. The molecule has 0 saturated carbocycles. The minimum absolute atomic E-state index is 0.0731. The average Bonchev–Trinajstić information content (AvgIpc) is 2.25. The molecule has 4 N–H and O–H groups in total. The second-order valence-electron chi connectivity index (χ2n) is 3.32. The van der Waals surface area contributed by atoms with E-state index in [2.05, 4.69) is 0 Å². The fourth-order valence-electron chi connectivity index (χ4n) is 1.32. The van der Waals surface area contributed by atoms with Crippen LogP contribution in [0.5, 0.6) is 0 Å². The molecule has 0 bridgehead atoms. The van der Waals surface area contributed by atoms with Gasteiger partial charge in [-0.05, 0) is 13.0 Å². The quantitative estimate of drug-likeness (QED) is 0.316. The summed E-state index contributed by atoms with van der Waals surface area (Å²) in [6, 6.07) is 0. The molecule has 0 unspecified atom stereocenters. The molecule has 0 amide bonds. The van der Waals surface area contributed by atoms with E-state index in [9.17, 15) is 0 Å². The highest BCUT2D eigenvalue weighted by molar-refractivity contribution is 4.58. The van der Waals surface area contributed by atoms with E-state index in [-0.39, 0.29) is 26.7 Å². The van der Waals surface area contributed by atoms with Crippen LogP contribution < -0.4 is 0 Å². The molecule has 0 aromatic heterocycles. The maximum atomic E-state index is 8.77. The highest BCUT2D eigenvalue weighted by atomic mass is 16.3. The molecule has 0 spiro atoms. The smallest absolute Gasteiger partial charge is 0.0974 e. The summed E-state index contributed by atoms with van der Waals surface area (Å²) in [5.41, 5.74) is 0. The van der Waals surface area contributed by atoms with Gasteiger partial charge in [-0.25, -0.2) is 0 Å². The molecule has 6 heteroatoms. The van der Waals surface area contributed by atoms with Crippen LogP contribution in [0.25, 0.3) is 0 Å². The van der Waals surface area contributed by atoms with Gasteiger partial charge in [-0.3, -0.25) is 9.80 Å². The van der Waals surface area contributed by atoms with Crippen LogP contribution in [0.4, 0.5) is 0 Å². The fourth-order valence-corrected chi connectivity index (χ4v) is 1.32. The highest BCUT2D eigenvalue weighted by Gasteiger charge is 2.05. The van der Waals surface area contributed by atoms with Gasteiger partial charge < -0.3 is 20.4 Å². The predicted octanol–water partition coefficient (Wildman–Crippen LogP) is -2.14. The van der Waals surface area contributed by atoms with Crippen LogP contribution in [0.2, 0.25) is 0 Å². The molecule has 0 radical (unpaired) electrons. The summed E-state index contributed by atoms with van der Waals surface area (Å²) in [6.45, 7) is 2.25. The molecule has 0 fully saturated rings. The van der Waals surface area contributed by atoms with Gasteiger partial charge in [-0.1, -0.05) is 0 Å². The molecule has 0 saturated heterocycles. The SMILES string of the molecule is OCCN(CCO)CCCN(CO)CO. The summed E-state index contributed by atoms with van der Waals surface area (Å²) >= 11 is 0. The zero-order valence-electron chi connectivity index (χ0n) is 9.05. The van der Waals surface area contributed by atoms with Gasteiger partial charge >= 0.3 is 0 Å². The molecular formula is C9H22N2O4. The van der Waals surface area contributed by atoms with Gasteiger partial charge in [0.25, 0.3) is 0 Å². The van der Waals surface area contributed by atoms with E-state index in [1.54, 1.807) is 0 Å². The van der Waals surface area contributed by atoms with Crippen LogP contribution in [-0.4, -0.2) is 83.1 Å². The van der Waals surface area contributed by atoms with E-state index in [0.717, 1.165) is 13.0 Å². The van der Waals surface area contributed by atoms with Gasteiger partial charge in [0.05, 0.1) is 26.7 Å². The molecule has 6 nitrogen and oxygen atoms in total. The largest absolute Gasteiger partial charge is 0.395 e. The lowest BCUT2D eigenvalue weighted by Crippen LogP contribution is -2.34. The van der Waals surface area contributed by atoms with Crippen LogP contribution in [0.3, 0.4) is 0 Å². The summed E-state index contributed by atoms with van der Waals surface area (Å²) in [4.78, 5) is 3.43. The third-order valence-electron chi connectivity index (χ3n) is 2.18. The molecular weight excluding hydrogens is 200 g/mol. The summed E-state index contributed by atoms with van der Waals surface area (Å²) in [6.07, 6.45) is 0.779. The molecule has 92 valence electrons. The minimum atomic E-state index is -0.156. The Balaban J connectivity index is 3.59. The maximum absolute atomic E-state index is 8.77. The normalized spacial score (nSPS) is 11.6. The highest BCUT2D eigenvalue weighted by Crippen LogP contribution is 1.94. The first-order chi connectivity index (χ1) is 7.28. The van der Waals surface area contributed by atoms with Crippen molar-refractivity contribution in [2.24, 2.45) is 0 Å². The Kier molecular flexibility index (Phi) is 10.1. The summed E-state index contributed by atoms with van der Waals surface area (Å²) in [5, 5.41) is 35.0. The van der Waals surface area contributed by atoms with Crippen molar-refractivity contribution in [2.45, 2.75) is 6.42 Å². The predicted molar refractivity (Wildman–Crippen MR) is 56.1 cm³/mol. The molecule has 15 heavy (non-hydrogen) atoms. The van der Waals surface area contributed by atoms with E-state index >= 15 is 0 Å². The lowest BCUT2D eigenvalue weighted by Gasteiger charge is -2.22. The zero-order chi connectivity index (χ0) is 11.5. The van der Waals surface area contributed by atoms with Crippen molar-refractivity contribution in [2.75, 3.05) is 52.9 Å². The van der Waals surface area contributed by atoms with E-state index in [4.69, 9.17) is 20.4 Å². The van der Waals surface area contributed by atoms with Gasteiger partial charge in [0.15, 0.2) is 0 Å². The standard InChI is InChI=1S/C9H22N2O4/c12-6-4-10(5-7-13)2-1-3-11(8-14)9-15/h12-15H,1-9H2. The molecule has 0 aromatic rings. The lowest BCUT2D eigenvalue weighted by atomic mass is 10.3. The monoisotopic (exact) mass is 222 g/mol. The van der Waals surface area contributed by atoms with Gasteiger partial charge in [0, 0.05) is 19.6 Å². The van der Waals surface area contributed by atoms with Crippen molar-refractivity contribution in [3.05, 3.63) is 0 Å². The van der Waals surface area contributed by atoms with Crippen molar-refractivity contribution < 1.29 is 20.4 Å². The molecule has 0 heterocycles. The number of nitrogens with zero attached hydrogens (tertiary/aromatic N) is 2. The zero-order valence-corrected chi connectivity index (χ0v) is 9.05. The van der Waals surface area contributed by atoms with Gasteiger partial charge in [-0.2, -0.15) is 0 Å². The Morgan fingerprint density at radius 3 is 1.47 bits per heavy atom. The fraction of sp³-hybridized carbons (Fsp3) is 1.00. The van der Waals surface area contributed by atoms with Crippen LogP contribution >= 0.6 is 0 Å². The van der Waals surface area contributed by atoms with Gasteiger partial charge in [0.1, 0.15) is 0 Å². The number of hydrogen-bond donors (Lipinski definition) is 4. The Morgan fingerprint density at radius 1 is 0.600 bits per heavy atom. The van der Waals surface area contributed by atoms with Crippen LogP contribution in [0.15, 0.2) is 0 Å². The van der Waals surface area contributed by atoms with Crippen molar-refractivity contribution in [1.29, 1.82) is 0 Å². The minimum Gasteiger partial charge on any atom is -0.395 e. The van der Waals surface area contributed by atoms with Gasteiger partial charge in [-0.15, -0.1) is 0 Å². The first kappa shape index (κ1) is 14.8. The summed E-state index contributed by atoms with van der Waals surface area (Å²) < 4.78 is 0. The van der Waals surface area contributed by atoms with Gasteiger partial charge in [0.2, 0.25) is 0 Å². The number of aliphatic hydroxyl groups excluding tert-OH is 4. The first-order valence-electron chi connectivity index (χ1n) is 5.16. The Hall–Kier alpha value is -0.240. The third-order valence-corrected chi connectivity index (χ3v) is 2.18. The Labute approximate surface area is 90.4 Å². The third kappa shape index (κ3) is 7.66. The molecule has 0 aliphatic carbocycles. The Morgan fingerprint density at radius 2 is 1.07 bits per heavy atom. The van der Waals surface area contributed by atoms with Crippen molar-refractivity contribution in [3.8, 4) is 0 Å². The first-order valence-corrected chi connectivity index (χ1v) is 5.16. The van der Waals surface area contributed by atoms with Crippen molar-refractivity contribution in [3.63, 3.8) is 0 Å². The Bertz CT molecular complexity index is 127.